The van der Waals surface area contributed by atoms with E-state index in [4.69, 9.17) is 11.6 Å². The lowest BCUT2D eigenvalue weighted by Crippen LogP contribution is -2.40. The Labute approximate surface area is 138 Å². The van der Waals surface area contributed by atoms with Gasteiger partial charge in [0.25, 0.3) is 0 Å². The molecular formula is C16H25ClN2O2S. The van der Waals surface area contributed by atoms with Gasteiger partial charge in [-0.3, -0.25) is 4.90 Å². The van der Waals surface area contributed by atoms with Crippen molar-refractivity contribution in [2.75, 3.05) is 25.9 Å². The molecule has 2 rings (SSSR count). The highest BCUT2D eigenvalue weighted by Crippen LogP contribution is 2.29. The maximum absolute atomic E-state index is 11.2. The molecule has 0 aromatic heterocycles. The van der Waals surface area contributed by atoms with Crippen molar-refractivity contribution in [1.82, 2.24) is 9.62 Å². The number of benzene rings is 1. The van der Waals surface area contributed by atoms with Gasteiger partial charge in [-0.05, 0) is 56.0 Å². The van der Waals surface area contributed by atoms with Crippen LogP contribution in [0.25, 0.3) is 0 Å². The van der Waals surface area contributed by atoms with Crippen molar-refractivity contribution in [1.29, 1.82) is 0 Å². The third-order valence-electron chi connectivity index (χ3n) is 4.37. The number of nitrogens with zero attached hydrogens (tertiary/aromatic N) is 1. The van der Waals surface area contributed by atoms with Crippen LogP contribution in [-0.2, 0) is 10.0 Å². The molecule has 6 heteroatoms. The van der Waals surface area contributed by atoms with Crippen molar-refractivity contribution in [3.63, 3.8) is 0 Å². The third-order valence-corrected chi connectivity index (χ3v) is 5.31. The number of likely N-dealkylation sites (tertiary alicyclic amines) is 1. The fraction of sp³-hybridized carbons (Fsp3) is 0.625. The molecule has 0 radical (unpaired) electrons. The van der Waals surface area contributed by atoms with Crippen molar-refractivity contribution in [3.8, 4) is 0 Å². The summed E-state index contributed by atoms with van der Waals surface area (Å²) in [5.41, 5.74) is 1.31. The molecule has 1 unspecified atom stereocenters. The van der Waals surface area contributed by atoms with Gasteiger partial charge in [0.2, 0.25) is 10.0 Å². The van der Waals surface area contributed by atoms with Crippen LogP contribution in [0.2, 0.25) is 5.02 Å². The van der Waals surface area contributed by atoms with Crippen LogP contribution in [0.3, 0.4) is 0 Å². The number of sulfonamides is 1. The molecule has 0 amide bonds. The van der Waals surface area contributed by atoms with Crippen LogP contribution >= 0.6 is 11.6 Å². The lowest BCUT2D eigenvalue weighted by molar-refractivity contribution is 0.130. The van der Waals surface area contributed by atoms with Gasteiger partial charge in [0, 0.05) is 17.6 Å². The summed E-state index contributed by atoms with van der Waals surface area (Å²) in [6.45, 7) is 4.79. The highest BCUT2D eigenvalue weighted by atomic mass is 35.5. The first kappa shape index (κ1) is 17.7. The zero-order chi connectivity index (χ0) is 16.2. The normalized spacial score (nSPS) is 19.2. The molecule has 0 saturated carbocycles. The van der Waals surface area contributed by atoms with E-state index in [1.165, 1.54) is 11.8 Å². The lowest BCUT2D eigenvalue weighted by atomic mass is 9.93. The zero-order valence-electron chi connectivity index (χ0n) is 13.3. The number of rotatable bonds is 6. The first-order valence-corrected chi connectivity index (χ1v) is 10.1. The molecule has 0 bridgehead atoms. The second kappa shape index (κ2) is 7.77. The molecular weight excluding hydrogens is 320 g/mol. The predicted octanol–water partition coefficient (Wildman–Crippen LogP) is 3.05. The van der Waals surface area contributed by atoms with E-state index in [2.05, 4.69) is 28.7 Å². The molecule has 1 atom stereocenters. The first-order chi connectivity index (χ1) is 10.4. The van der Waals surface area contributed by atoms with Gasteiger partial charge >= 0.3 is 0 Å². The standard InChI is InChI=1S/C16H25ClN2O2S/c1-3-16(14-4-6-15(17)7-5-14)19-10-8-13(9-11-19)12-18-22(2,20)21/h4-7,13,16,18H,3,8-12H2,1-2H3. The van der Waals surface area contributed by atoms with Crippen LogP contribution in [-0.4, -0.2) is 39.2 Å². The van der Waals surface area contributed by atoms with E-state index >= 15 is 0 Å². The highest BCUT2D eigenvalue weighted by Gasteiger charge is 2.25. The minimum Gasteiger partial charge on any atom is -0.296 e. The fourth-order valence-corrected chi connectivity index (χ4v) is 3.79. The first-order valence-electron chi connectivity index (χ1n) is 7.83. The third kappa shape index (κ3) is 5.23. The van der Waals surface area contributed by atoms with Gasteiger partial charge in [-0.2, -0.15) is 0 Å². The highest BCUT2D eigenvalue weighted by molar-refractivity contribution is 7.88. The van der Waals surface area contributed by atoms with Gasteiger partial charge in [-0.1, -0.05) is 30.7 Å². The summed E-state index contributed by atoms with van der Waals surface area (Å²) in [7, 11) is -3.08. The summed E-state index contributed by atoms with van der Waals surface area (Å²) in [5.74, 6) is 0.439. The number of hydrogen-bond acceptors (Lipinski definition) is 3. The molecule has 1 N–H and O–H groups in total. The minimum atomic E-state index is -3.08. The largest absolute Gasteiger partial charge is 0.296 e. The molecule has 22 heavy (non-hydrogen) atoms. The summed E-state index contributed by atoms with van der Waals surface area (Å²) < 4.78 is 25.0. The molecule has 1 saturated heterocycles. The predicted molar refractivity (Wildman–Crippen MR) is 91.6 cm³/mol. The number of piperidine rings is 1. The van der Waals surface area contributed by atoms with Crippen LogP contribution in [0.1, 0.15) is 37.8 Å². The summed E-state index contributed by atoms with van der Waals surface area (Å²) in [5, 5.41) is 0.768. The Balaban J connectivity index is 1.90. The molecule has 0 aliphatic carbocycles. The van der Waals surface area contributed by atoms with E-state index in [1.807, 2.05) is 12.1 Å². The van der Waals surface area contributed by atoms with E-state index in [0.717, 1.165) is 37.4 Å². The smallest absolute Gasteiger partial charge is 0.208 e. The van der Waals surface area contributed by atoms with Crippen molar-refractivity contribution >= 4 is 21.6 Å². The minimum absolute atomic E-state index is 0.418. The Morgan fingerprint density at radius 3 is 2.36 bits per heavy atom. The maximum atomic E-state index is 11.2. The second-order valence-electron chi connectivity index (χ2n) is 6.08. The van der Waals surface area contributed by atoms with E-state index in [1.54, 1.807) is 0 Å². The number of nitrogens with one attached hydrogen (secondary N) is 1. The average Bonchev–Trinajstić information content (AvgIpc) is 2.48. The molecule has 1 fully saturated rings. The second-order valence-corrected chi connectivity index (χ2v) is 8.35. The van der Waals surface area contributed by atoms with Crippen molar-refractivity contribution in [2.45, 2.75) is 32.2 Å². The summed E-state index contributed by atoms with van der Waals surface area (Å²) in [4.78, 5) is 2.50. The monoisotopic (exact) mass is 344 g/mol. The molecule has 1 aromatic rings. The van der Waals surface area contributed by atoms with Gasteiger partial charge < -0.3 is 0 Å². The van der Waals surface area contributed by atoms with Gasteiger partial charge in [0.05, 0.1) is 6.26 Å². The lowest BCUT2D eigenvalue weighted by Gasteiger charge is -2.37. The Morgan fingerprint density at radius 2 is 1.86 bits per heavy atom. The van der Waals surface area contributed by atoms with Gasteiger partial charge in [-0.15, -0.1) is 0 Å². The summed E-state index contributed by atoms with van der Waals surface area (Å²) >= 11 is 5.97. The zero-order valence-corrected chi connectivity index (χ0v) is 14.8. The van der Waals surface area contributed by atoms with Crippen LogP contribution < -0.4 is 4.72 Å². The Morgan fingerprint density at radius 1 is 1.27 bits per heavy atom. The van der Waals surface area contributed by atoms with Crippen molar-refractivity contribution < 1.29 is 8.42 Å². The van der Waals surface area contributed by atoms with Gasteiger partial charge in [-0.25, -0.2) is 13.1 Å². The van der Waals surface area contributed by atoms with Gasteiger partial charge in [0.1, 0.15) is 0 Å². The van der Waals surface area contributed by atoms with E-state index in [-0.39, 0.29) is 0 Å². The average molecular weight is 345 g/mol. The topological polar surface area (TPSA) is 49.4 Å². The van der Waals surface area contributed by atoms with Crippen LogP contribution in [0.5, 0.6) is 0 Å². The fourth-order valence-electron chi connectivity index (χ4n) is 3.13. The van der Waals surface area contributed by atoms with E-state index in [0.29, 0.717) is 18.5 Å². The number of halogens is 1. The van der Waals surface area contributed by atoms with E-state index < -0.39 is 10.0 Å². The van der Waals surface area contributed by atoms with Crippen LogP contribution in [0, 0.1) is 5.92 Å². The molecule has 1 aliphatic heterocycles. The SMILES string of the molecule is CCC(c1ccc(Cl)cc1)N1CCC(CNS(C)(=O)=O)CC1. The van der Waals surface area contributed by atoms with Crippen molar-refractivity contribution in [2.24, 2.45) is 5.92 Å². The molecule has 124 valence electrons. The molecule has 1 aliphatic rings. The maximum Gasteiger partial charge on any atom is 0.208 e. The molecule has 0 spiro atoms. The Bertz CT molecular complexity index is 566. The molecule has 1 aromatic carbocycles. The number of hydrogen-bond donors (Lipinski definition) is 1. The Hall–Kier alpha value is -0.620. The summed E-state index contributed by atoms with van der Waals surface area (Å²) in [6, 6.07) is 8.52. The van der Waals surface area contributed by atoms with E-state index in [9.17, 15) is 8.42 Å². The Kier molecular flexibility index (Phi) is 6.26. The molecule has 4 nitrogen and oxygen atoms in total. The summed E-state index contributed by atoms with van der Waals surface area (Å²) in [6.07, 6.45) is 4.35. The van der Waals surface area contributed by atoms with Crippen LogP contribution in [0.15, 0.2) is 24.3 Å². The molecule has 1 heterocycles. The van der Waals surface area contributed by atoms with Gasteiger partial charge in [0.15, 0.2) is 0 Å². The van der Waals surface area contributed by atoms with Crippen molar-refractivity contribution in [3.05, 3.63) is 34.9 Å². The van der Waals surface area contributed by atoms with Crippen LogP contribution in [0.4, 0.5) is 0 Å². The quantitative estimate of drug-likeness (QED) is 0.862.